The number of hydrogen-bond donors (Lipinski definition) is 1. The van der Waals surface area contributed by atoms with Crippen LogP contribution in [0.1, 0.15) is 57.8 Å². The molecular formula is C11H23N7. The minimum Gasteiger partial charge on any atom is -0.290 e. The summed E-state index contributed by atoms with van der Waals surface area (Å²) < 4.78 is 0. The summed E-state index contributed by atoms with van der Waals surface area (Å²) >= 11 is 0. The fourth-order valence-electron chi connectivity index (χ4n) is 1.83. The van der Waals surface area contributed by atoms with E-state index in [9.17, 15) is 0 Å². The first-order valence-corrected chi connectivity index (χ1v) is 6.89. The van der Waals surface area contributed by atoms with E-state index >= 15 is 0 Å². The molecule has 0 radical (unpaired) electrons. The van der Waals surface area contributed by atoms with Crippen LogP contribution in [0.2, 0.25) is 0 Å². The highest BCUT2D eigenvalue weighted by molar-refractivity contribution is 4.49. The Morgan fingerprint density at radius 3 is 1.94 bits per heavy atom. The second-order valence-corrected chi connectivity index (χ2v) is 4.41. The molecule has 1 aliphatic rings. The summed E-state index contributed by atoms with van der Waals surface area (Å²) in [7, 11) is 0. The van der Waals surface area contributed by atoms with Gasteiger partial charge in [-0.3, -0.25) is 5.43 Å². The van der Waals surface area contributed by atoms with Gasteiger partial charge in [-0.15, -0.1) is 0 Å². The summed E-state index contributed by atoms with van der Waals surface area (Å²) in [6.45, 7) is 1.55. The lowest BCUT2D eigenvalue weighted by atomic mass is 10.1. The quantitative estimate of drug-likeness (QED) is 0.689. The maximum Gasteiger partial charge on any atom is 0.0621 e. The van der Waals surface area contributed by atoms with Crippen LogP contribution in [0.5, 0.6) is 0 Å². The Kier molecular flexibility index (Phi) is 9.83. The van der Waals surface area contributed by atoms with E-state index in [1.165, 1.54) is 44.9 Å². The highest BCUT2D eigenvalue weighted by Crippen LogP contribution is 2.09. The lowest BCUT2D eigenvalue weighted by molar-refractivity contribution is 0.541. The SMILES string of the molecule is C1CCCCC/N=N/N=N/N=N\NCCCCC1. The van der Waals surface area contributed by atoms with Crippen LogP contribution in [0.3, 0.4) is 0 Å². The molecule has 102 valence electrons. The fraction of sp³-hybridized carbons (Fsp3) is 1.00. The lowest BCUT2D eigenvalue weighted by Gasteiger charge is -2.02. The summed E-state index contributed by atoms with van der Waals surface area (Å²) in [5.74, 6) is 0. The van der Waals surface area contributed by atoms with Gasteiger partial charge in [-0.05, 0) is 33.7 Å². The second-order valence-electron chi connectivity index (χ2n) is 4.41. The van der Waals surface area contributed by atoms with Crippen molar-refractivity contribution in [1.82, 2.24) is 5.43 Å². The molecule has 0 aliphatic carbocycles. The number of rotatable bonds is 0. The van der Waals surface area contributed by atoms with Crippen molar-refractivity contribution in [3.63, 3.8) is 0 Å². The van der Waals surface area contributed by atoms with E-state index in [2.05, 4.69) is 36.7 Å². The third-order valence-electron chi connectivity index (χ3n) is 2.85. The molecule has 1 N–H and O–H groups in total. The molecule has 0 amide bonds. The summed E-state index contributed by atoms with van der Waals surface area (Å²) in [5, 5.41) is 21.3. The van der Waals surface area contributed by atoms with Crippen LogP contribution < -0.4 is 5.43 Å². The summed E-state index contributed by atoms with van der Waals surface area (Å²) in [6.07, 6.45) is 11.3. The lowest BCUT2D eigenvalue weighted by Crippen LogP contribution is -2.05. The van der Waals surface area contributed by atoms with Crippen molar-refractivity contribution in [3.05, 3.63) is 0 Å². The van der Waals surface area contributed by atoms with Crippen molar-refractivity contribution in [3.8, 4) is 0 Å². The normalized spacial score (nSPS) is 26.2. The minimum absolute atomic E-state index is 0.717. The Morgan fingerprint density at radius 2 is 1.17 bits per heavy atom. The fourth-order valence-corrected chi connectivity index (χ4v) is 1.83. The van der Waals surface area contributed by atoms with E-state index in [4.69, 9.17) is 0 Å². The van der Waals surface area contributed by atoms with E-state index in [-0.39, 0.29) is 0 Å². The molecule has 0 aromatic heterocycles. The van der Waals surface area contributed by atoms with Gasteiger partial charge >= 0.3 is 0 Å². The topological polar surface area (TPSA) is 86.2 Å². The molecule has 1 aliphatic heterocycles. The van der Waals surface area contributed by atoms with E-state index in [0.29, 0.717) is 6.54 Å². The summed E-state index contributed by atoms with van der Waals surface area (Å²) in [6, 6.07) is 0. The zero-order valence-corrected chi connectivity index (χ0v) is 11.0. The summed E-state index contributed by atoms with van der Waals surface area (Å²) in [5.41, 5.74) is 2.82. The highest BCUT2D eigenvalue weighted by Gasteiger charge is 1.93. The predicted octanol–water partition coefficient (Wildman–Crippen LogP) is 4.20. The van der Waals surface area contributed by atoms with Gasteiger partial charge < -0.3 is 0 Å². The number of hydrogen-bond acceptors (Lipinski definition) is 7. The second kappa shape index (κ2) is 12.1. The molecule has 0 fully saturated rings. The van der Waals surface area contributed by atoms with Crippen LogP contribution in [-0.2, 0) is 0 Å². The minimum atomic E-state index is 0.717. The van der Waals surface area contributed by atoms with Crippen molar-refractivity contribution < 1.29 is 0 Å². The molecular weight excluding hydrogens is 230 g/mol. The Balaban J connectivity index is 2.20. The third-order valence-corrected chi connectivity index (χ3v) is 2.85. The maximum absolute atomic E-state index is 3.88. The molecule has 1 heterocycles. The van der Waals surface area contributed by atoms with Crippen LogP contribution in [-0.4, -0.2) is 13.1 Å². The largest absolute Gasteiger partial charge is 0.290 e. The monoisotopic (exact) mass is 253 g/mol. The molecule has 0 aromatic carbocycles. The molecule has 0 atom stereocenters. The van der Waals surface area contributed by atoms with Crippen molar-refractivity contribution in [1.29, 1.82) is 0 Å². The van der Waals surface area contributed by atoms with Crippen LogP contribution in [0.4, 0.5) is 0 Å². The Morgan fingerprint density at radius 1 is 0.556 bits per heavy atom. The van der Waals surface area contributed by atoms with E-state index in [1.54, 1.807) is 0 Å². The first-order chi connectivity index (χ1) is 9.00. The molecule has 0 unspecified atom stereocenters. The summed E-state index contributed by atoms with van der Waals surface area (Å²) in [4.78, 5) is 0. The van der Waals surface area contributed by atoms with Crippen LogP contribution in [0.15, 0.2) is 31.2 Å². The van der Waals surface area contributed by atoms with Gasteiger partial charge in [-0.25, -0.2) is 0 Å². The van der Waals surface area contributed by atoms with Gasteiger partial charge in [0, 0.05) is 6.54 Å². The van der Waals surface area contributed by atoms with Gasteiger partial charge in [-0.1, -0.05) is 50.2 Å². The Hall–Kier alpha value is -1.40. The molecule has 0 spiro atoms. The molecule has 1 rings (SSSR count). The van der Waals surface area contributed by atoms with E-state index < -0.39 is 0 Å². The smallest absolute Gasteiger partial charge is 0.0621 e. The van der Waals surface area contributed by atoms with E-state index in [0.717, 1.165) is 19.4 Å². The Bertz CT molecular complexity index is 236. The van der Waals surface area contributed by atoms with Crippen molar-refractivity contribution >= 4 is 0 Å². The average Bonchev–Trinajstić information content (AvgIpc) is 2.39. The average molecular weight is 253 g/mol. The third kappa shape index (κ3) is 9.80. The molecule has 7 nitrogen and oxygen atoms in total. The van der Waals surface area contributed by atoms with Crippen LogP contribution >= 0.6 is 0 Å². The standard InChI is InChI=1S/C11H23N7/c1-2-4-6-8-10-12-14-16-18-17-15-13-11-9-7-5-3-1/h1-11H2,(H,12,13,16,17). The molecule has 0 saturated heterocycles. The molecule has 0 aromatic rings. The number of nitrogens with one attached hydrogen (secondary N) is 1. The van der Waals surface area contributed by atoms with E-state index in [1.807, 2.05) is 0 Å². The van der Waals surface area contributed by atoms with Gasteiger partial charge in [0.2, 0.25) is 0 Å². The Labute approximate surface area is 108 Å². The first kappa shape index (κ1) is 14.7. The van der Waals surface area contributed by atoms with Gasteiger partial charge in [0.25, 0.3) is 0 Å². The van der Waals surface area contributed by atoms with Crippen molar-refractivity contribution in [2.24, 2.45) is 31.2 Å². The molecule has 0 saturated carbocycles. The molecule has 18 heavy (non-hydrogen) atoms. The van der Waals surface area contributed by atoms with Gasteiger partial charge in [0.05, 0.1) is 6.54 Å². The zero-order valence-electron chi connectivity index (χ0n) is 11.0. The van der Waals surface area contributed by atoms with Crippen LogP contribution in [0.25, 0.3) is 0 Å². The van der Waals surface area contributed by atoms with Gasteiger partial charge in [-0.2, -0.15) is 5.11 Å². The number of nitrogens with zero attached hydrogens (tertiary/aromatic N) is 6. The van der Waals surface area contributed by atoms with Gasteiger partial charge in [0.1, 0.15) is 0 Å². The predicted molar refractivity (Wildman–Crippen MR) is 69.0 cm³/mol. The highest BCUT2D eigenvalue weighted by atomic mass is 15.6. The zero-order chi connectivity index (χ0) is 12.7. The molecule has 0 bridgehead atoms. The maximum atomic E-state index is 3.88. The van der Waals surface area contributed by atoms with Crippen molar-refractivity contribution in [2.45, 2.75) is 57.8 Å². The van der Waals surface area contributed by atoms with Crippen molar-refractivity contribution in [2.75, 3.05) is 13.1 Å². The molecule has 7 heteroatoms. The van der Waals surface area contributed by atoms with Gasteiger partial charge in [0.15, 0.2) is 0 Å². The van der Waals surface area contributed by atoms with Crippen LogP contribution in [0, 0.1) is 0 Å². The first-order valence-electron chi connectivity index (χ1n) is 6.89.